The summed E-state index contributed by atoms with van der Waals surface area (Å²) >= 11 is 0. The predicted molar refractivity (Wildman–Crippen MR) is 126 cm³/mol. The molecular formula is C26H21N3O5. The van der Waals surface area contributed by atoms with Crippen LogP contribution in [0.1, 0.15) is 33.6 Å². The summed E-state index contributed by atoms with van der Waals surface area (Å²) in [6.45, 7) is 1.29. The number of para-hydroxylation sites is 3. The molecule has 1 N–H and O–H groups in total. The molecule has 2 aromatic heterocycles. The smallest absolute Gasteiger partial charge is 0.343 e. The van der Waals surface area contributed by atoms with Crippen LogP contribution >= 0.6 is 0 Å². The molecule has 4 aromatic rings. The number of rotatable bonds is 5. The van der Waals surface area contributed by atoms with Crippen molar-refractivity contribution >= 4 is 34.2 Å². The number of carbonyl (C=O) groups is 2. The molecule has 0 unspecified atom stereocenters. The van der Waals surface area contributed by atoms with Gasteiger partial charge in [0.1, 0.15) is 5.58 Å². The van der Waals surface area contributed by atoms with Gasteiger partial charge in [0.05, 0.1) is 23.1 Å². The summed E-state index contributed by atoms with van der Waals surface area (Å²) in [5.74, 6) is -1.47. The Morgan fingerprint density at radius 2 is 1.76 bits per heavy atom. The number of aromatic nitrogens is 1. The highest BCUT2D eigenvalue weighted by Gasteiger charge is 2.36. The minimum atomic E-state index is -1.18. The Kier molecular flexibility index (Phi) is 4.72. The average molecular weight is 455 g/mol. The van der Waals surface area contributed by atoms with E-state index in [1.54, 1.807) is 35.2 Å². The van der Waals surface area contributed by atoms with Gasteiger partial charge in [0, 0.05) is 30.7 Å². The lowest BCUT2D eigenvalue weighted by Crippen LogP contribution is -2.45. The van der Waals surface area contributed by atoms with E-state index >= 15 is 0 Å². The molecule has 2 aromatic carbocycles. The third-order valence-corrected chi connectivity index (χ3v) is 6.27. The quantitative estimate of drug-likeness (QED) is 0.455. The van der Waals surface area contributed by atoms with Crippen LogP contribution in [0.4, 0.5) is 11.4 Å². The fraction of sp³-hybridized carbons (Fsp3) is 0.192. The molecule has 1 amide bonds. The summed E-state index contributed by atoms with van der Waals surface area (Å²) in [5.41, 5.74) is 2.47. The van der Waals surface area contributed by atoms with Crippen molar-refractivity contribution in [1.29, 1.82) is 0 Å². The normalized spacial score (nSPS) is 15.3. The van der Waals surface area contributed by atoms with Crippen LogP contribution in [0.2, 0.25) is 0 Å². The van der Waals surface area contributed by atoms with E-state index < -0.39 is 5.97 Å². The number of hydrogen-bond donors (Lipinski definition) is 1. The number of carboxylic acid groups (broad SMARTS) is 1. The van der Waals surface area contributed by atoms with Crippen molar-refractivity contribution < 1.29 is 23.8 Å². The maximum Gasteiger partial charge on any atom is 0.343 e. The molecule has 1 aliphatic heterocycles. The monoisotopic (exact) mass is 455 g/mol. The molecule has 0 spiro atoms. The molecule has 0 radical (unpaired) electrons. The summed E-state index contributed by atoms with van der Waals surface area (Å²) < 4.78 is 11.6. The van der Waals surface area contributed by atoms with Gasteiger partial charge in [-0.05, 0) is 37.1 Å². The lowest BCUT2D eigenvalue weighted by molar-refractivity contribution is 0.0694. The zero-order valence-electron chi connectivity index (χ0n) is 18.2. The molecule has 170 valence electrons. The number of amides is 1. The maximum atomic E-state index is 13.7. The van der Waals surface area contributed by atoms with Crippen molar-refractivity contribution in [2.45, 2.75) is 18.9 Å². The highest BCUT2D eigenvalue weighted by Crippen LogP contribution is 2.41. The number of aromatic carboxylic acids is 1. The van der Waals surface area contributed by atoms with Gasteiger partial charge in [0.15, 0.2) is 11.3 Å². The number of carbonyl (C=O) groups excluding carboxylic acids is 1. The number of ether oxygens (including phenoxy) is 1. The third-order valence-electron chi connectivity index (χ3n) is 6.27. The van der Waals surface area contributed by atoms with Crippen LogP contribution in [-0.2, 0) is 0 Å². The summed E-state index contributed by atoms with van der Waals surface area (Å²) in [6.07, 6.45) is 5.27. The molecule has 8 heteroatoms. The van der Waals surface area contributed by atoms with Gasteiger partial charge in [-0.1, -0.05) is 30.3 Å². The van der Waals surface area contributed by atoms with Gasteiger partial charge in [0.25, 0.3) is 5.91 Å². The first-order valence-electron chi connectivity index (χ1n) is 11.2. The lowest BCUT2D eigenvalue weighted by Gasteiger charge is -2.38. The molecule has 0 saturated heterocycles. The van der Waals surface area contributed by atoms with Gasteiger partial charge in [-0.15, -0.1) is 0 Å². The third kappa shape index (κ3) is 3.35. The van der Waals surface area contributed by atoms with Crippen LogP contribution in [0.3, 0.4) is 0 Å². The number of hydrogen-bond acceptors (Lipinski definition) is 6. The zero-order chi connectivity index (χ0) is 23.2. The number of anilines is 2. The molecule has 3 heterocycles. The van der Waals surface area contributed by atoms with E-state index in [2.05, 4.69) is 9.88 Å². The van der Waals surface area contributed by atoms with E-state index in [-0.39, 0.29) is 28.7 Å². The van der Waals surface area contributed by atoms with E-state index in [0.29, 0.717) is 23.6 Å². The molecular weight excluding hydrogens is 434 g/mol. The highest BCUT2D eigenvalue weighted by molar-refractivity contribution is 6.10. The van der Waals surface area contributed by atoms with E-state index in [1.165, 1.54) is 25.2 Å². The van der Waals surface area contributed by atoms with Crippen molar-refractivity contribution in [2.75, 3.05) is 22.9 Å². The van der Waals surface area contributed by atoms with Gasteiger partial charge in [-0.25, -0.2) is 4.79 Å². The van der Waals surface area contributed by atoms with Gasteiger partial charge in [-0.2, -0.15) is 0 Å². The molecule has 34 heavy (non-hydrogen) atoms. The Morgan fingerprint density at radius 1 is 1.00 bits per heavy atom. The van der Waals surface area contributed by atoms with Crippen LogP contribution in [0, 0.1) is 0 Å². The van der Waals surface area contributed by atoms with E-state index in [4.69, 9.17) is 9.15 Å². The predicted octanol–water partition coefficient (Wildman–Crippen LogP) is 4.95. The number of nitrogens with zero attached hydrogens (tertiary/aromatic N) is 3. The second kappa shape index (κ2) is 7.91. The van der Waals surface area contributed by atoms with Crippen molar-refractivity contribution in [3.05, 3.63) is 78.1 Å². The highest BCUT2D eigenvalue weighted by atomic mass is 16.6. The van der Waals surface area contributed by atoms with Crippen LogP contribution in [-0.4, -0.2) is 41.1 Å². The molecule has 0 atom stereocenters. The summed E-state index contributed by atoms with van der Waals surface area (Å²) in [5, 5.41) is 10.2. The lowest BCUT2D eigenvalue weighted by atomic mass is 10.1. The van der Waals surface area contributed by atoms with E-state index in [1.807, 2.05) is 24.3 Å². The molecule has 0 bridgehead atoms. The Hall–Kier alpha value is -4.33. The minimum absolute atomic E-state index is 0.0961. The summed E-state index contributed by atoms with van der Waals surface area (Å²) in [6, 6.07) is 16.8. The number of fused-ring (bicyclic) bond motifs is 2. The second-order valence-corrected chi connectivity index (χ2v) is 8.41. The van der Waals surface area contributed by atoms with Crippen LogP contribution < -0.4 is 14.5 Å². The molecule has 1 saturated carbocycles. The van der Waals surface area contributed by atoms with E-state index in [0.717, 1.165) is 17.9 Å². The fourth-order valence-corrected chi connectivity index (χ4v) is 4.54. The average Bonchev–Trinajstić information content (AvgIpc) is 3.63. The maximum absolute atomic E-state index is 13.7. The van der Waals surface area contributed by atoms with Crippen molar-refractivity contribution in [1.82, 2.24) is 4.98 Å². The molecule has 2 aliphatic rings. The van der Waals surface area contributed by atoms with E-state index in [9.17, 15) is 14.7 Å². The van der Waals surface area contributed by atoms with Crippen molar-refractivity contribution in [2.24, 2.45) is 0 Å². The first-order chi connectivity index (χ1) is 16.6. The number of pyridine rings is 1. The van der Waals surface area contributed by atoms with Crippen LogP contribution in [0.15, 0.2) is 71.4 Å². The molecule has 1 fully saturated rings. The fourth-order valence-electron chi connectivity index (χ4n) is 4.54. The first-order valence-corrected chi connectivity index (χ1v) is 11.2. The van der Waals surface area contributed by atoms with Crippen molar-refractivity contribution in [3.63, 3.8) is 0 Å². The van der Waals surface area contributed by atoms with Gasteiger partial charge in [0.2, 0.25) is 0 Å². The largest absolute Gasteiger partial charge is 0.477 e. The second-order valence-electron chi connectivity index (χ2n) is 8.41. The number of benzene rings is 2. The number of carboxylic acids is 1. The van der Waals surface area contributed by atoms with Crippen molar-refractivity contribution in [3.8, 4) is 11.7 Å². The zero-order valence-corrected chi connectivity index (χ0v) is 18.2. The van der Waals surface area contributed by atoms with Crippen LogP contribution in [0.5, 0.6) is 11.7 Å². The Morgan fingerprint density at radius 3 is 2.56 bits per heavy atom. The summed E-state index contributed by atoms with van der Waals surface area (Å²) in [7, 11) is 0. The molecule has 1 aliphatic carbocycles. The molecule has 6 rings (SSSR count). The standard InChI is InChI=1S/C26H21N3O5/c30-24(29-14-13-28(16-9-10-16)19-6-2-3-7-20(19)29)18-11-12-27-15-22(18)34-26-23(25(31)32)17-5-1-4-8-21(17)33-26/h1-8,11-12,15-16H,9-10,13-14H2,(H,31,32). The Labute approximate surface area is 195 Å². The van der Waals surface area contributed by atoms with Gasteiger partial charge in [-0.3, -0.25) is 9.78 Å². The van der Waals surface area contributed by atoms with Crippen LogP contribution in [0.25, 0.3) is 11.0 Å². The first kappa shape index (κ1) is 20.3. The minimum Gasteiger partial charge on any atom is -0.477 e. The Bertz CT molecular complexity index is 1420. The topological polar surface area (TPSA) is 96.1 Å². The summed E-state index contributed by atoms with van der Waals surface area (Å²) in [4.78, 5) is 33.9. The molecule has 8 nitrogen and oxygen atoms in total. The van der Waals surface area contributed by atoms with Gasteiger partial charge < -0.3 is 24.1 Å². The SMILES string of the molecule is O=C(O)c1c(Oc2cnccc2C(=O)N2CCN(C3CC3)c3ccccc32)oc2ccccc12. The Balaban J connectivity index is 1.37. The van der Waals surface area contributed by atoms with Gasteiger partial charge >= 0.3 is 11.9 Å². The number of furan rings is 1.